The predicted octanol–water partition coefficient (Wildman–Crippen LogP) is 1.02. The summed E-state index contributed by atoms with van der Waals surface area (Å²) in [6.45, 7) is 6.64. The molecule has 5 atom stereocenters. The van der Waals surface area contributed by atoms with Gasteiger partial charge in [0.2, 0.25) is 0 Å². The number of carboxylic acids is 2. The number of ether oxygens (including phenoxy) is 1. The molecule has 1 aliphatic rings. The summed E-state index contributed by atoms with van der Waals surface area (Å²) in [4.78, 5) is 21.3. The summed E-state index contributed by atoms with van der Waals surface area (Å²) >= 11 is 0. The molecule has 13 heteroatoms. The molecule has 0 aliphatic heterocycles. The molecule has 1 fully saturated rings. The van der Waals surface area contributed by atoms with Gasteiger partial charge in [-0.3, -0.25) is 0 Å². The van der Waals surface area contributed by atoms with Crippen LogP contribution in [0.15, 0.2) is 0 Å². The number of nitrogens with one attached hydrogen (secondary N) is 2. The summed E-state index contributed by atoms with van der Waals surface area (Å²) in [7, 11) is 0. The van der Waals surface area contributed by atoms with E-state index in [4.69, 9.17) is 31.5 Å². The van der Waals surface area contributed by atoms with Crippen LogP contribution in [0.25, 0.3) is 11.5 Å². The standard InChI is InChI=1S/C13H21FO9.2C3H8N.Pt/c14-13(11(19)20,12(21)22)2-1-3-23-7-4-6(5-15)8(16)10(18)9(7)17;2*1-3(2)4;/h6-10,15-18H,1-5H2,(H,19,20)(H,21,22);2*3-4H,1-2H3;/q;2*-1;+2/t6-,7?,8-,9-,10+;;;/m1.../s1. The quantitative estimate of drug-likeness (QED) is 0.163. The third-order valence-corrected chi connectivity index (χ3v) is 4.01. The Balaban J connectivity index is -0.000000803. The molecule has 8 N–H and O–H groups in total. The van der Waals surface area contributed by atoms with Gasteiger partial charge >= 0.3 is 38.7 Å². The molecule has 0 radical (unpaired) electrons. The molecular formula is C19H37FN2O9Pt. The summed E-state index contributed by atoms with van der Waals surface area (Å²) in [5, 5.41) is 55.3. The molecule has 0 spiro atoms. The van der Waals surface area contributed by atoms with Crippen molar-refractivity contribution in [2.24, 2.45) is 5.92 Å². The van der Waals surface area contributed by atoms with Crippen molar-refractivity contribution in [2.75, 3.05) is 13.2 Å². The molecule has 0 heterocycles. The molecule has 0 aromatic heterocycles. The Morgan fingerprint density at radius 1 is 1.00 bits per heavy atom. The average Bonchev–Trinajstić information content (AvgIpc) is 2.63. The van der Waals surface area contributed by atoms with E-state index in [1.165, 1.54) is 0 Å². The Bertz CT molecular complexity index is 502. The molecule has 0 amide bonds. The fourth-order valence-corrected chi connectivity index (χ4v) is 2.48. The largest absolute Gasteiger partial charge is 2.00 e. The van der Waals surface area contributed by atoms with Crippen molar-refractivity contribution in [1.82, 2.24) is 0 Å². The van der Waals surface area contributed by atoms with Crippen LogP contribution in [0, 0.1) is 5.92 Å². The number of rotatable bonds is 8. The minimum atomic E-state index is -3.42. The molecule has 11 nitrogen and oxygen atoms in total. The van der Waals surface area contributed by atoms with Gasteiger partial charge in [-0.1, -0.05) is 27.7 Å². The van der Waals surface area contributed by atoms with Crippen LogP contribution in [-0.2, 0) is 35.4 Å². The fraction of sp³-hybridized carbons (Fsp3) is 0.895. The van der Waals surface area contributed by atoms with Crippen LogP contribution in [0.1, 0.15) is 47.0 Å². The number of carbonyl (C=O) groups is 2. The van der Waals surface area contributed by atoms with Crippen LogP contribution in [0.5, 0.6) is 0 Å². The van der Waals surface area contributed by atoms with Crippen molar-refractivity contribution < 1.29 is 70.4 Å². The zero-order valence-corrected chi connectivity index (χ0v) is 21.0. The summed E-state index contributed by atoms with van der Waals surface area (Å²) in [5.41, 5.74) is 9.75. The summed E-state index contributed by atoms with van der Waals surface area (Å²) in [6.07, 6.45) is -6.25. The molecule has 1 aliphatic carbocycles. The Labute approximate surface area is 202 Å². The van der Waals surface area contributed by atoms with Crippen molar-refractivity contribution in [3.8, 4) is 0 Å². The number of aliphatic carboxylic acids is 2. The average molecular weight is 652 g/mol. The van der Waals surface area contributed by atoms with Crippen LogP contribution in [-0.4, -0.2) is 98.0 Å². The number of aliphatic hydroxyl groups is 4. The molecule has 32 heavy (non-hydrogen) atoms. The zero-order valence-electron chi connectivity index (χ0n) is 18.7. The number of hydrogen-bond donors (Lipinski definition) is 6. The Morgan fingerprint density at radius 2 is 1.41 bits per heavy atom. The number of alkyl halides is 1. The first kappa shape index (κ1) is 35.9. The van der Waals surface area contributed by atoms with Gasteiger partial charge in [0.25, 0.3) is 0 Å². The van der Waals surface area contributed by atoms with Gasteiger partial charge in [0.1, 0.15) is 12.2 Å². The van der Waals surface area contributed by atoms with E-state index < -0.39 is 61.0 Å². The topological polar surface area (TPSA) is 212 Å². The molecule has 1 unspecified atom stereocenters. The predicted molar refractivity (Wildman–Crippen MR) is 110 cm³/mol. The minimum absolute atomic E-state index is 0. The van der Waals surface area contributed by atoms with Gasteiger partial charge in [0, 0.05) is 25.6 Å². The number of hydrogen-bond acceptors (Lipinski definition) is 7. The van der Waals surface area contributed by atoms with Crippen molar-refractivity contribution in [1.29, 1.82) is 0 Å². The Morgan fingerprint density at radius 3 is 1.75 bits per heavy atom. The maximum absolute atomic E-state index is 13.7. The molecule has 0 bridgehead atoms. The Hall–Kier alpha value is -0.722. The van der Waals surface area contributed by atoms with Gasteiger partial charge in [0.05, 0.1) is 12.2 Å². The zero-order chi connectivity index (χ0) is 24.9. The normalized spacial score (nSPS) is 25.1. The van der Waals surface area contributed by atoms with Crippen molar-refractivity contribution in [2.45, 2.75) is 89.1 Å². The monoisotopic (exact) mass is 651 g/mol. The van der Waals surface area contributed by atoms with E-state index in [0.717, 1.165) is 0 Å². The summed E-state index contributed by atoms with van der Waals surface area (Å²) < 4.78 is 18.9. The van der Waals surface area contributed by atoms with Crippen LogP contribution in [0.4, 0.5) is 4.39 Å². The van der Waals surface area contributed by atoms with Crippen LogP contribution in [0.2, 0.25) is 0 Å². The maximum atomic E-state index is 13.7. The summed E-state index contributed by atoms with van der Waals surface area (Å²) in [6, 6.07) is 0.167. The van der Waals surface area contributed by atoms with Gasteiger partial charge in [-0.05, 0) is 12.8 Å². The van der Waals surface area contributed by atoms with Gasteiger partial charge in [-0.25, -0.2) is 14.0 Å². The molecule has 194 valence electrons. The molecule has 0 saturated heterocycles. The van der Waals surface area contributed by atoms with Gasteiger partial charge in [-0.2, -0.15) is 0 Å². The second-order valence-electron chi connectivity index (χ2n) is 7.88. The van der Waals surface area contributed by atoms with E-state index in [1.807, 2.05) is 27.7 Å². The van der Waals surface area contributed by atoms with E-state index in [0.29, 0.717) is 0 Å². The van der Waals surface area contributed by atoms with Crippen molar-refractivity contribution >= 4 is 11.9 Å². The van der Waals surface area contributed by atoms with E-state index in [9.17, 15) is 29.3 Å². The second-order valence-corrected chi connectivity index (χ2v) is 7.88. The van der Waals surface area contributed by atoms with E-state index in [-0.39, 0.29) is 52.6 Å². The fourth-order valence-electron chi connectivity index (χ4n) is 2.48. The van der Waals surface area contributed by atoms with Crippen LogP contribution >= 0.6 is 0 Å². The number of carboxylic acid groups (broad SMARTS) is 2. The maximum Gasteiger partial charge on any atom is 2.00 e. The van der Waals surface area contributed by atoms with E-state index in [2.05, 4.69) is 0 Å². The van der Waals surface area contributed by atoms with Crippen molar-refractivity contribution in [3.05, 3.63) is 11.5 Å². The van der Waals surface area contributed by atoms with Gasteiger partial charge < -0.3 is 46.8 Å². The Kier molecular flexibility index (Phi) is 19.9. The number of aliphatic hydroxyl groups excluding tert-OH is 4. The minimum Gasteiger partial charge on any atom is -0.675 e. The molecule has 0 aromatic carbocycles. The van der Waals surface area contributed by atoms with Gasteiger partial charge in [-0.15, -0.1) is 12.1 Å². The third kappa shape index (κ3) is 13.7. The van der Waals surface area contributed by atoms with Gasteiger partial charge in [0.15, 0.2) is 0 Å². The smallest absolute Gasteiger partial charge is 0.675 e. The second kappa shape index (κ2) is 17.7. The third-order valence-electron chi connectivity index (χ3n) is 4.01. The van der Waals surface area contributed by atoms with Crippen LogP contribution in [0.3, 0.4) is 0 Å². The first-order valence-electron chi connectivity index (χ1n) is 9.96. The molecule has 1 rings (SSSR count). The van der Waals surface area contributed by atoms with Crippen LogP contribution < -0.4 is 0 Å². The molecular weight excluding hydrogens is 614 g/mol. The number of halogens is 1. The van der Waals surface area contributed by atoms with E-state index in [1.54, 1.807) is 0 Å². The summed E-state index contributed by atoms with van der Waals surface area (Å²) in [5.74, 6) is -4.93. The first-order valence-corrected chi connectivity index (χ1v) is 9.96. The molecule has 0 aromatic rings. The molecule has 1 saturated carbocycles. The van der Waals surface area contributed by atoms with Crippen molar-refractivity contribution in [3.63, 3.8) is 0 Å². The SMILES string of the molecule is CC(C)[NH-].CC(C)[NH-].O=C(O)C(F)(CCCOC1C[C@H](CO)[C@@H](O)[C@H](O)[C@@H]1O)C(=O)O.[Pt+2]. The van der Waals surface area contributed by atoms with E-state index >= 15 is 0 Å². The first-order chi connectivity index (χ1) is 14.1.